The summed E-state index contributed by atoms with van der Waals surface area (Å²) in [6.07, 6.45) is 1.55. The second kappa shape index (κ2) is 8.33. The normalized spacial score (nSPS) is 15.5. The maximum absolute atomic E-state index is 13.6. The van der Waals surface area contributed by atoms with E-state index < -0.39 is 17.6 Å². The molecule has 2 aromatic carbocycles. The van der Waals surface area contributed by atoms with E-state index in [0.29, 0.717) is 16.9 Å². The molecule has 1 saturated heterocycles. The van der Waals surface area contributed by atoms with Crippen LogP contribution in [0.25, 0.3) is 11.8 Å². The Morgan fingerprint density at radius 1 is 1.06 bits per heavy atom. The van der Waals surface area contributed by atoms with Gasteiger partial charge in [-0.15, -0.1) is 0 Å². The highest BCUT2D eigenvalue weighted by Gasteiger charge is 2.35. The number of carbonyl (C=O) groups is 2. The van der Waals surface area contributed by atoms with Crippen molar-refractivity contribution in [2.24, 2.45) is 0 Å². The molecule has 1 aliphatic heterocycles. The van der Waals surface area contributed by atoms with Crippen LogP contribution in [-0.4, -0.2) is 21.5 Å². The Balaban J connectivity index is 1.78. The first-order chi connectivity index (χ1) is 15.2. The fraction of sp³-hybridized carbons (Fsp3) is 0.125. The van der Waals surface area contributed by atoms with Crippen molar-refractivity contribution in [3.63, 3.8) is 0 Å². The van der Waals surface area contributed by atoms with Gasteiger partial charge in [0.2, 0.25) is 0 Å². The second-order valence-corrected chi connectivity index (χ2v) is 8.30. The second-order valence-electron chi connectivity index (χ2n) is 7.50. The minimum absolute atomic E-state index is 0.0131. The summed E-state index contributed by atoms with van der Waals surface area (Å²) in [7, 11) is 0. The molecule has 1 N–H and O–H groups in total. The molecule has 4 rings (SSSR count). The summed E-state index contributed by atoms with van der Waals surface area (Å²) in [5.41, 5.74) is 4.40. The number of hydrogen-bond donors (Lipinski definition) is 1. The number of halogens is 2. The van der Waals surface area contributed by atoms with E-state index in [-0.39, 0.29) is 15.7 Å². The highest BCUT2D eigenvalue weighted by Crippen LogP contribution is 2.28. The number of aromatic nitrogens is 1. The van der Waals surface area contributed by atoms with Crippen LogP contribution in [-0.2, 0) is 9.59 Å². The third-order valence-corrected chi connectivity index (χ3v) is 5.96. The average Bonchev–Trinajstić information content (AvgIpc) is 3.01. The first-order valence-electron chi connectivity index (χ1n) is 9.80. The van der Waals surface area contributed by atoms with E-state index in [9.17, 15) is 14.0 Å². The quantitative estimate of drug-likeness (QED) is 0.334. The fourth-order valence-electron chi connectivity index (χ4n) is 3.80. The Morgan fingerprint density at radius 2 is 1.78 bits per heavy atom. The molecule has 2 heterocycles. The lowest BCUT2D eigenvalue weighted by Gasteiger charge is -2.30. The van der Waals surface area contributed by atoms with Gasteiger partial charge in [-0.2, -0.15) is 0 Å². The SMILES string of the molecule is Cc1ccccc1N1C(=O)/C(=C/c2cc(C)n(-c3ccc(F)c(Cl)c3)c2C)C(=O)NC1=S. The van der Waals surface area contributed by atoms with Gasteiger partial charge >= 0.3 is 0 Å². The van der Waals surface area contributed by atoms with E-state index in [4.69, 9.17) is 23.8 Å². The van der Waals surface area contributed by atoms with Crippen LogP contribution < -0.4 is 10.2 Å². The van der Waals surface area contributed by atoms with Gasteiger partial charge in [0.1, 0.15) is 11.4 Å². The third kappa shape index (κ3) is 3.74. The molecule has 0 bridgehead atoms. The summed E-state index contributed by atoms with van der Waals surface area (Å²) in [5.74, 6) is -1.56. The van der Waals surface area contributed by atoms with Gasteiger partial charge in [-0.25, -0.2) is 4.39 Å². The Bertz CT molecular complexity index is 1330. The molecule has 5 nitrogen and oxygen atoms in total. The van der Waals surface area contributed by atoms with Crippen molar-refractivity contribution in [1.82, 2.24) is 9.88 Å². The smallest absolute Gasteiger partial charge is 0.270 e. The molecular formula is C24H19ClFN3O2S. The lowest BCUT2D eigenvalue weighted by Crippen LogP contribution is -2.54. The number of rotatable bonds is 3. The van der Waals surface area contributed by atoms with E-state index in [2.05, 4.69) is 5.32 Å². The van der Waals surface area contributed by atoms with Gasteiger partial charge in [-0.3, -0.25) is 19.8 Å². The first-order valence-corrected chi connectivity index (χ1v) is 10.6. The van der Waals surface area contributed by atoms with E-state index in [1.165, 1.54) is 17.0 Å². The van der Waals surface area contributed by atoms with Crippen molar-refractivity contribution in [3.05, 3.63) is 87.5 Å². The number of carbonyl (C=O) groups excluding carboxylic acids is 2. The summed E-state index contributed by atoms with van der Waals surface area (Å²) in [6, 6.07) is 13.6. The molecule has 0 aliphatic carbocycles. The predicted molar refractivity (Wildman–Crippen MR) is 128 cm³/mol. The van der Waals surface area contributed by atoms with E-state index in [1.807, 2.05) is 43.5 Å². The Morgan fingerprint density at radius 3 is 2.47 bits per heavy atom. The maximum atomic E-state index is 13.6. The number of amides is 2. The molecule has 1 fully saturated rings. The van der Waals surface area contributed by atoms with Crippen LogP contribution in [0, 0.1) is 26.6 Å². The molecule has 3 aromatic rings. The van der Waals surface area contributed by atoms with Crippen molar-refractivity contribution in [3.8, 4) is 5.69 Å². The summed E-state index contributed by atoms with van der Waals surface area (Å²) in [5, 5.41) is 2.66. The van der Waals surface area contributed by atoms with Crippen LogP contribution in [0.1, 0.15) is 22.5 Å². The van der Waals surface area contributed by atoms with Crippen molar-refractivity contribution >= 4 is 52.5 Å². The molecule has 0 spiro atoms. The van der Waals surface area contributed by atoms with Crippen LogP contribution in [0.15, 0.2) is 54.1 Å². The number of nitrogens with zero attached hydrogens (tertiary/aromatic N) is 2. The highest BCUT2D eigenvalue weighted by atomic mass is 35.5. The van der Waals surface area contributed by atoms with Gasteiger partial charge < -0.3 is 4.57 Å². The number of thiocarbonyl (C=S) groups is 1. The molecule has 0 radical (unpaired) electrons. The average molecular weight is 468 g/mol. The lowest BCUT2D eigenvalue weighted by atomic mass is 10.1. The summed E-state index contributed by atoms with van der Waals surface area (Å²) < 4.78 is 15.5. The van der Waals surface area contributed by atoms with Gasteiger partial charge in [-0.1, -0.05) is 29.8 Å². The largest absolute Gasteiger partial charge is 0.318 e. The van der Waals surface area contributed by atoms with Gasteiger partial charge in [-0.05, 0) is 80.5 Å². The summed E-state index contributed by atoms with van der Waals surface area (Å²) in [6.45, 7) is 5.60. The fourth-order valence-corrected chi connectivity index (χ4v) is 4.25. The molecule has 1 aromatic heterocycles. The zero-order chi connectivity index (χ0) is 23.2. The highest BCUT2D eigenvalue weighted by molar-refractivity contribution is 7.80. The molecule has 0 atom stereocenters. The number of benzene rings is 2. The van der Waals surface area contributed by atoms with Gasteiger partial charge in [0.05, 0.1) is 10.7 Å². The van der Waals surface area contributed by atoms with Crippen molar-refractivity contribution in [2.45, 2.75) is 20.8 Å². The van der Waals surface area contributed by atoms with Crippen LogP contribution in [0.4, 0.5) is 10.1 Å². The number of anilines is 1. The van der Waals surface area contributed by atoms with E-state index in [0.717, 1.165) is 17.0 Å². The molecular weight excluding hydrogens is 449 g/mol. The molecule has 1 aliphatic rings. The molecule has 8 heteroatoms. The topological polar surface area (TPSA) is 54.3 Å². The van der Waals surface area contributed by atoms with Crippen molar-refractivity contribution in [1.29, 1.82) is 0 Å². The number of nitrogens with one attached hydrogen (secondary N) is 1. The van der Waals surface area contributed by atoms with Crippen LogP contribution in [0.2, 0.25) is 5.02 Å². The monoisotopic (exact) mass is 467 g/mol. The lowest BCUT2D eigenvalue weighted by molar-refractivity contribution is -0.122. The zero-order valence-electron chi connectivity index (χ0n) is 17.6. The summed E-state index contributed by atoms with van der Waals surface area (Å²) in [4.78, 5) is 27.3. The van der Waals surface area contributed by atoms with Crippen molar-refractivity contribution < 1.29 is 14.0 Å². The van der Waals surface area contributed by atoms with Gasteiger partial charge in [0, 0.05) is 17.1 Å². The van der Waals surface area contributed by atoms with E-state index >= 15 is 0 Å². The first kappa shape index (κ1) is 21.9. The molecule has 0 saturated carbocycles. The Kier molecular flexibility index (Phi) is 5.71. The Hall–Kier alpha value is -3.29. The van der Waals surface area contributed by atoms with E-state index in [1.54, 1.807) is 24.3 Å². The minimum atomic E-state index is -0.556. The van der Waals surface area contributed by atoms with Crippen LogP contribution in [0.5, 0.6) is 0 Å². The third-order valence-electron chi connectivity index (χ3n) is 5.39. The molecule has 162 valence electrons. The Labute approximate surface area is 195 Å². The van der Waals surface area contributed by atoms with Crippen molar-refractivity contribution in [2.75, 3.05) is 4.90 Å². The van der Waals surface area contributed by atoms with Crippen LogP contribution in [0.3, 0.4) is 0 Å². The number of aryl methyl sites for hydroxylation is 2. The zero-order valence-corrected chi connectivity index (χ0v) is 19.1. The molecule has 2 amide bonds. The standard InChI is InChI=1S/C24H19ClFN3O2S/c1-13-6-4-5-7-21(13)29-23(31)18(22(30)27-24(29)32)11-16-10-14(2)28(15(16)3)17-8-9-20(26)19(25)12-17/h4-12H,1-3H3,(H,27,30,32)/b18-11+. The minimum Gasteiger partial charge on any atom is -0.318 e. The summed E-state index contributed by atoms with van der Waals surface area (Å²) >= 11 is 11.2. The van der Waals surface area contributed by atoms with Crippen LogP contribution >= 0.6 is 23.8 Å². The predicted octanol–water partition coefficient (Wildman–Crippen LogP) is 5.03. The number of para-hydroxylation sites is 1. The number of hydrogen-bond acceptors (Lipinski definition) is 3. The molecule has 0 unspecified atom stereocenters. The maximum Gasteiger partial charge on any atom is 0.270 e. The molecule has 32 heavy (non-hydrogen) atoms. The van der Waals surface area contributed by atoms with Gasteiger partial charge in [0.25, 0.3) is 11.8 Å². The van der Waals surface area contributed by atoms with Gasteiger partial charge in [0.15, 0.2) is 5.11 Å².